The number of amides is 1. The Morgan fingerprint density at radius 3 is 2.58 bits per heavy atom. The zero-order chi connectivity index (χ0) is 23.6. The molecule has 170 valence electrons. The normalized spacial score (nSPS) is 11.3. The highest BCUT2D eigenvalue weighted by atomic mass is 19.4. The monoisotopic (exact) mass is 460 g/mol. The molecule has 0 saturated heterocycles. The summed E-state index contributed by atoms with van der Waals surface area (Å²) >= 11 is 0. The number of carbonyl (C=O) groups excluding carboxylic acids is 1. The smallest absolute Gasteiger partial charge is 0.497 e. The molecule has 4 aromatic rings. The number of anilines is 1. The van der Waals surface area contributed by atoms with Crippen LogP contribution >= 0.6 is 0 Å². The minimum absolute atomic E-state index is 0.0530. The fraction of sp³-hybridized carbons (Fsp3) is 0.0952. The van der Waals surface area contributed by atoms with Gasteiger partial charge in [0.05, 0.1) is 7.11 Å². The Morgan fingerprint density at radius 1 is 1.03 bits per heavy atom. The van der Waals surface area contributed by atoms with Gasteiger partial charge in [0, 0.05) is 41.7 Å². The van der Waals surface area contributed by atoms with E-state index >= 15 is 0 Å². The Hall–Kier alpha value is -4.48. The largest absolute Gasteiger partial charge is 0.573 e. The Balaban J connectivity index is 1.59. The van der Waals surface area contributed by atoms with Gasteiger partial charge in [0.2, 0.25) is 0 Å². The number of benzene rings is 2. The van der Waals surface area contributed by atoms with Gasteiger partial charge in [-0.15, -0.1) is 13.2 Å². The summed E-state index contributed by atoms with van der Waals surface area (Å²) in [6, 6.07) is 10.7. The van der Waals surface area contributed by atoms with Crippen LogP contribution in [-0.4, -0.2) is 34.3 Å². The molecule has 0 fully saturated rings. The number of pyridine rings is 1. The maximum atomic E-state index is 12.6. The summed E-state index contributed by atoms with van der Waals surface area (Å²) in [4.78, 5) is 33.3. The van der Waals surface area contributed by atoms with Crippen molar-refractivity contribution in [3.8, 4) is 23.0 Å². The predicted octanol–water partition coefficient (Wildman–Crippen LogP) is 4.20. The minimum atomic E-state index is -4.88. The Morgan fingerprint density at radius 2 is 1.82 bits per heavy atom. The van der Waals surface area contributed by atoms with Crippen molar-refractivity contribution >= 4 is 22.8 Å². The third-order valence-electron chi connectivity index (χ3n) is 4.31. The van der Waals surface area contributed by atoms with Crippen LogP contribution in [0.5, 0.6) is 23.0 Å². The summed E-state index contributed by atoms with van der Waals surface area (Å²) in [5.74, 6) is -0.311. The van der Waals surface area contributed by atoms with E-state index in [2.05, 4.69) is 25.0 Å². The fourth-order valence-corrected chi connectivity index (χ4v) is 2.98. The Labute approximate surface area is 183 Å². The van der Waals surface area contributed by atoms with Crippen molar-refractivity contribution < 1.29 is 32.2 Å². The van der Waals surface area contributed by atoms with Crippen LogP contribution in [0.2, 0.25) is 0 Å². The first-order valence-corrected chi connectivity index (χ1v) is 9.31. The van der Waals surface area contributed by atoms with Crippen molar-refractivity contribution in [2.75, 3.05) is 12.4 Å². The van der Waals surface area contributed by atoms with Crippen molar-refractivity contribution in [1.82, 2.24) is 15.0 Å². The number of hydrogen-bond donors (Lipinski definition) is 3. The van der Waals surface area contributed by atoms with Gasteiger partial charge in [0.25, 0.3) is 5.91 Å². The standard InChI is InChI=1S/C21H15F3N4O5/c1-31-14-8-12(26-19(29)11-3-2-4-13(7-11)33-21(22,23)24)9-15(10-14)32-16-5-6-25-18-17(16)27-20(30)28-18/h2-10H,1H3,(H,26,29)(H2,25,27,28,30). The highest BCUT2D eigenvalue weighted by Crippen LogP contribution is 2.32. The van der Waals surface area contributed by atoms with Crippen LogP contribution in [0, 0.1) is 0 Å². The van der Waals surface area contributed by atoms with Crippen LogP contribution in [-0.2, 0) is 0 Å². The number of methoxy groups -OCH3 is 1. The second-order valence-electron chi connectivity index (χ2n) is 6.64. The third kappa shape index (κ3) is 5.23. The summed E-state index contributed by atoms with van der Waals surface area (Å²) in [5, 5.41) is 2.58. The number of ether oxygens (including phenoxy) is 3. The van der Waals surface area contributed by atoms with Crippen molar-refractivity contribution in [3.05, 3.63) is 70.8 Å². The van der Waals surface area contributed by atoms with E-state index in [9.17, 15) is 22.8 Å². The number of H-pyrrole nitrogens is 2. The molecule has 1 amide bonds. The number of fused-ring (bicyclic) bond motifs is 1. The average Bonchev–Trinajstić information content (AvgIpc) is 3.14. The number of aromatic nitrogens is 3. The second-order valence-corrected chi connectivity index (χ2v) is 6.64. The number of nitrogens with zero attached hydrogens (tertiary/aromatic N) is 1. The van der Waals surface area contributed by atoms with Crippen molar-refractivity contribution in [1.29, 1.82) is 0 Å². The molecule has 0 unspecified atom stereocenters. The molecule has 0 spiro atoms. The zero-order valence-electron chi connectivity index (χ0n) is 16.8. The molecule has 2 heterocycles. The number of carbonyl (C=O) groups is 1. The molecule has 0 bridgehead atoms. The van der Waals surface area contributed by atoms with Crippen LogP contribution in [0.1, 0.15) is 10.4 Å². The number of aromatic amines is 2. The molecule has 33 heavy (non-hydrogen) atoms. The van der Waals surface area contributed by atoms with Gasteiger partial charge in [-0.1, -0.05) is 6.07 Å². The van der Waals surface area contributed by atoms with E-state index in [1.807, 2.05) is 0 Å². The van der Waals surface area contributed by atoms with Gasteiger partial charge in [-0.2, -0.15) is 0 Å². The molecule has 3 N–H and O–H groups in total. The lowest BCUT2D eigenvalue weighted by atomic mass is 10.2. The average molecular weight is 460 g/mol. The van der Waals surface area contributed by atoms with E-state index in [-0.39, 0.29) is 17.0 Å². The molecule has 0 radical (unpaired) electrons. The molecule has 12 heteroatoms. The molecular weight excluding hydrogens is 445 g/mol. The molecule has 4 rings (SSSR count). The van der Waals surface area contributed by atoms with Gasteiger partial charge >= 0.3 is 12.1 Å². The number of halogens is 3. The summed E-state index contributed by atoms with van der Waals surface area (Å²) < 4.78 is 52.3. The summed E-state index contributed by atoms with van der Waals surface area (Å²) in [7, 11) is 1.41. The van der Waals surface area contributed by atoms with E-state index in [4.69, 9.17) is 9.47 Å². The predicted molar refractivity (Wildman–Crippen MR) is 111 cm³/mol. The van der Waals surface area contributed by atoms with Crippen LogP contribution in [0.25, 0.3) is 11.2 Å². The zero-order valence-corrected chi connectivity index (χ0v) is 16.8. The Kier molecular flexibility index (Phi) is 5.65. The number of alkyl halides is 3. The lowest BCUT2D eigenvalue weighted by Gasteiger charge is -2.13. The molecule has 0 aliphatic carbocycles. The molecule has 2 aromatic heterocycles. The summed E-state index contributed by atoms with van der Waals surface area (Å²) in [6.07, 6.45) is -3.43. The van der Waals surface area contributed by atoms with Gasteiger partial charge in [0.1, 0.15) is 22.8 Å². The minimum Gasteiger partial charge on any atom is -0.497 e. The second kappa shape index (κ2) is 8.57. The van der Waals surface area contributed by atoms with Gasteiger partial charge in [-0.25, -0.2) is 9.78 Å². The van der Waals surface area contributed by atoms with E-state index in [0.717, 1.165) is 12.1 Å². The summed E-state index contributed by atoms with van der Waals surface area (Å²) in [6.45, 7) is 0. The van der Waals surface area contributed by atoms with Crippen molar-refractivity contribution in [2.24, 2.45) is 0 Å². The van der Waals surface area contributed by atoms with Gasteiger partial charge in [-0.3, -0.25) is 9.78 Å². The molecule has 9 nitrogen and oxygen atoms in total. The lowest BCUT2D eigenvalue weighted by molar-refractivity contribution is -0.274. The maximum Gasteiger partial charge on any atom is 0.573 e. The molecule has 0 aliphatic heterocycles. The first-order chi connectivity index (χ1) is 15.7. The molecule has 0 saturated carbocycles. The molecular formula is C21H15F3N4O5. The summed E-state index contributed by atoms with van der Waals surface area (Å²) in [5.41, 5.74) is 0.392. The molecule has 0 atom stereocenters. The van der Waals surface area contributed by atoms with Gasteiger partial charge in [-0.05, 0) is 18.2 Å². The van der Waals surface area contributed by atoms with Crippen LogP contribution < -0.4 is 25.2 Å². The number of hydrogen-bond acceptors (Lipinski definition) is 6. The lowest BCUT2D eigenvalue weighted by Crippen LogP contribution is -2.18. The van der Waals surface area contributed by atoms with E-state index in [0.29, 0.717) is 22.7 Å². The first kappa shape index (κ1) is 21.7. The quantitative estimate of drug-likeness (QED) is 0.397. The molecule has 2 aromatic carbocycles. The van der Waals surface area contributed by atoms with E-state index < -0.39 is 23.7 Å². The highest BCUT2D eigenvalue weighted by molar-refractivity contribution is 6.04. The maximum absolute atomic E-state index is 12.6. The highest BCUT2D eigenvalue weighted by Gasteiger charge is 2.31. The third-order valence-corrected chi connectivity index (χ3v) is 4.31. The van der Waals surface area contributed by atoms with Crippen LogP contribution in [0.15, 0.2) is 59.5 Å². The van der Waals surface area contributed by atoms with Crippen LogP contribution in [0.4, 0.5) is 18.9 Å². The number of nitrogens with one attached hydrogen (secondary N) is 3. The topological polar surface area (TPSA) is 118 Å². The fourth-order valence-electron chi connectivity index (χ4n) is 2.98. The Bertz CT molecular complexity index is 1380. The van der Waals surface area contributed by atoms with Gasteiger partial charge < -0.3 is 24.5 Å². The van der Waals surface area contributed by atoms with Crippen molar-refractivity contribution in [2.45, 2.75) is 6.36 Å². The van der Waals surface area contributed by atoms with Crippen molar-refractivity contribution in [3.63, 3.8) is 0 Å². The van der Waals surface area contributed by atoms with Gasteiger partial charge in [0.15, 0.2) is 11.4 Å². The molecule has 0 aliphatic rings. The first-order valence-electron chi connectivity index (χ1n) is 9.31. The number of rotatable bonds is 6. The van der Waals surface area contributed by atoms with E-state index in [1.54, 1.807) is 6.07 Å². The van der Waals surface area contributed by atoms with Crippen LogP contribution in [0.3, 0.4) is 0 Å². The number of imidazole rings is 1. The SMILES string of the molecule is COc1cc(NC(=O)c2cccc(OC(F)(F)F)c2)cc(Oc2ccnc3[nH]c(=O)[nH]c23)c1. The van der Waals surface area contributed by atoms with E-state index in [1.165, 1.54) is 43.6 Å².